The number of benzene rings is 4. The fourth-order valence-electron chi connectivity index (χ4n) is 5.80. The van der Waals surface area contributed by atoms with Crippen LogP contribution < -0.4 is 10.6 Å². The summed E-state index contributed by atoms with van der Waals surface area (Å²) in [4.78, 5) is 41.8. The predicted molar refractivity (Wildman–Crippen MR) is 172 cm³/mol. The molecule has 1 heterocycles. The highest BCUT2D eigenvalue weighted by Gasteiger charge is 2.35. The molecule has 3 unspecified atom stereocenters. The molecule has 3 atom stereocenters. The summed E-state index contributed by atoms with van der Waals surface area (Å²) in [5.74, 6) is -0.966. The third kappa shape index (κ3) is 8.72. The van der Waals surface area contributed by atoms with E-state index in [1.54, 1.807) is 53.4 Å². The van der Waals surface area contributed by atoms with Crippen molar-refractivity contribution >= 4 is 17.6 Å². The second kappa shape index (κ2) is 15.2. The van der Waals surface area contributed by atoms with Crippen LogP contribution in [0.15, 0.2) is 109 Å². The Kier molecular flexibility index (Phi) is 10.8. The van der Waals surface area contributed by atoms with Crippen molar-refractivity contribution in [3.05, 3.63) is 143 Å². The minimum Gasteiger partial charge on any atom is -0.390 e. The van der Waals surface area contributed by atoms with E-state index in [4.69, 9.17) is 0 Å². The number of hydrogen-bond acceptors (Lipinski definition) is 5. The molecule has 0 aromatic heterocycles. The third-order valence-corrected chi connectivity index (χ3v) is 8.26. The lowest BCUT2D eigenvalue weighted by atomic mass is 9.99. The van der Waals surface area contributed by atoms with Gasteiger partial charge < -0.3 is 20.6 Å². The second-order valence-electron chi connectivity index (χ2n) is 11.6. The number of ketones is 1. The zero-order chi connectivity index (χ0) is 33.4. The lowest BCUT2D eigenvalue weighted by Gasteiger charge is -2.26. The Hall–Kier alpha value is -4.80. The minimum absolute atomic E-state index is 0.00164. The number of aliphatic hydroxyl groups excluding tert-OH is 1. The Morgan fingerprint density at radius 2 is 1.45 bits per heavy atom. The highest BCUT2D eigenvalue weighted by Crippen LogP contribution is 2.29. The van der Waals surface area contributed by atoms with Crippen LogP contribution in [0.2, 0.25) is 0 Å². The Morgan fingerprint density at radius 1 is 0.809 bits per heavy atom. The van der Waals surface area contributed by atoms with Crippen LogP contribution >= 0.6 is 0 Å². The first-order chi connectivity index (χ1) is 22.6. The number of nitrogens with one attached hydrogen (secondary N) is 2. The number of carbonyl (C=O) groups is 3. The summed E-state index contributed by atoms with van der Waals surface area (Å²) in [6, 6.07) is 28.0. The van der Waals surface area contributed by atoms with Crippen molar-refractivity contribution in [2.24, 2.45) is 0 Å². The molecule has 0 aliphatic carbocycles. The number of nitrogens with zero attached hydrogens (tertiary/aromatic N) is 1. The fraction of sp³-hybridized carbons (Fsp3) is 0.270. The Bertz CT molecular complexity index is 1680. The molecule has 1 fully saturated rings. The number of Topliss-reactive ketones (excluding diaryl/α,β-unsaturated/α-hetero) is 1. The SMILES string of the molecule is O=C(NC(Cc1ccccc1)C(O)CNCc1cccc(C(F)(F)F)c1)c1cccc(C(=O)N2CCCC2C(=O)c2ccccc2)c1. The molecule has 2 amide bonds. The van der Waals surface area contributed by atoms with E-state index in [2.05, 4.69) is 10.6 Å². The van der Waals surface area contributed by atoms with Gasteiger partial charge in [-0.3, -0.25) is 14.4 Å². The third-order valence-electron chi connectivity index (χ3n) is 8.26. The molecule has 1 aliphatic heterocycles. The minimum atomic E-state index is -4.46. The number of likely N-dealkylation sites (tertiary alicyclic amines) is 1. The van der Waals surface area contributed by atoms with E-state index in [-0.39, 0.29) is 42.3 Å². The van der Waals surface area contributed by atoms with Crippen molar-refractivity contribution in [2.45, 2.75) is 50.2 Å². The summed E-state index contributed by atoms with van der Waals surface area (Å²) in [6.07, 6.45) is -4.02. The van der Waals surface area contributed by atoms with Gasteiger partial charge in [0.25, 0.3) is 11.8 Å². The van der Waals surface area contributed by atoms with Gasteiger partial charge in [-0.2, -0.15) is 13.2 Å². The quantitative estimate of drug-likeness (QED) is 0.173. The summed E-state index contributed by atoms with van der Waals surface area (Å²) in [5, 5.41) is 17.0. The molecule has 0 spiro atoms. The summed E-state index contributed by atoms with van der Waals surface area (Å²) in [5.41, 5.74) is 1.54. The number of carbonyl (C=O) groups excluding carboxylic acids is 3. The van der Waals surface area contributed by atoms with Gasteiger partial charge in [0, 0.05) is 36.3 Å². The summed E-state index contributed by atoms with van der Waals surface area (Å²) in [6.45, 7) is 0.511. The topological polar surface area (TPSA) is 98.7 Å². The Labute approximate surface area is 271 Å². The molecule has 0 bridgehead atoms. The van der Waals surface area contributed by atoms with Gasteiger partial charge in [-0.1, -0.05) is 84.9 Å². The van der Waals surface area contributed by atoms with E-state index >= 15 is 0 Å². The van der Waals surface area contributed by atoms with Crippen LogP contribution in [-0.2, 0) is 19.1 Å². The van der Waals surface area contributed by atoms with Gasteiger partial charge in [0.2, 0.25) is 0 Å². The number of rotatable bonds is 12. The maximum atomic E-state index is 13.6. The maximum Gasteiger partial charge on any atom is 0.416 e. The predicted octanol–water partition coefficient (Wildman–Crippen LogP) is 5.68. The van der Waals surface area contributed by atoms with Gasteiger partial charge in [0.15, 0.2) is 5.78 Å². The van der Waals surface area contributed by atoms with Crippen LogP contribution in [0.25, 0.3) is 0 Å². The van der Waals surface area contributed by atoms with Crippen molar-refractivity contribution in [1.29, 1.82) is 0 Å². The first-order valence-corrected chi connectivity index (χ1v) is 15.5. The van der Waals surface area contributed by atoms with E-state index < -0.39 is 35.8 Å². The summed E-state index contributed by atoms with van der Waals surface area (Å²) in [7, 11) is 0. The first-order valence-electron chi connectivity index (χ1n) is 15.5. The van der Waals surface area contributed by atoms with E-state index in [0.29, 0.717) is 30.5 Å². The smallest absolute Gasteiger partial charge is 0.390 e. The van der Waals surface area contributed by atoms with Crippen molar-refractivity contribution in [3.8, 4) is 0 Å². The lowest BCUT2D eigenvalue weighted by molar-refractivity contribution is -0.137. The number of halogens is 3. The Balaban J connectivity index is 1.27. The number of hydrogen-bond donors (Lipinski definition) is 3. The summed E-state index contributed by atoms with van der Waals surface area (Å²) < 4.78 is 39.4. The molecule has 1 aliphatic rings. The van der Waals surface area contributed by atoms with Crippen molar-refractivity contribution < 1.29 is 32.7 Å². The van der Waals surface area contributed by atoms with Crippen LogP contribution in [0.3, 0.4) is 0 Å². The molecule has 3 N–H and O–H groups in total. The molecule has 7 nitrogen and oxygen atoms in total. The van der Waals surface area contributed by atoms with Crippen LogP contribution in [0.4, 0.5) is 13.2 Å². The fourth-order valence-corrected chi connectivity index (χ4v) is 5.80. The van der Waals surface area contributed by atoms with Crippen molar-refractivity contribution in [3.63, 3.8) is 0 Å². The average molecular weight is 644 g/mol. The first kappa shape index (κ1) is 33.6. The molecule has 244 valence electrons. The van der Waals surface area contributed by atoms with Crippen molar-refractivity contribution in [1.82, 2.24) is 15.5 Å². The van der Waals surface area contributed by atoms with Gasteiger partial charge in [-0.15, -0.1) is 0 Å². The van der Waals surface area contributed by atoms with Crippen LogP contribution in [0.1, 0.15) is 60.6 Å². The van der Waals surface area contributed by atoms with Gasteiger partial charge in [-0.05, 0) is 54.7 Å². The molecule has 5 rings (SSSR count). The lowest BCUT2D eigenvalue weighted by Crippen LogP contribution is -2.48. The van der Waals surface area contributed by atoms with Gasteiger partial charge in [-0.25, -0.2) is 0 Å². The highest BCUT2D eigenvalue weighted by molar-refractivity contribution is 6.05. The average Bonchev–Trinajstić information content (AvgIpc) is 3.58. The zero-order valence-electron chi connectivity index (χ0n) is 25.6. The molecule has 0 saturated carbocycles. The molecular formula is C37H36F3N3O4. The maximum absolute atomic E-state index is 13.6. The van der Waals surface area contributed by atoms with Crippen LogP contribution in [0.5, 0.6) is 0 Å². The molecule has 0 radical (unpaired) electrons. The molecule has 4 aromatic rings. The standard InChI is InChI=1S/C37H36F3N3O4/c38-37(39,40)30-17-7-12-26(20-30)23-41-24-33(44)31(21-25-10-3-1-4-11-25)42-35(46)28-15-8-16-29(22-28)36(47)43-19-9-18-32(43)34(45)27-13-5-2-6-14-27/h1-8,10-17,20,22,31-33,41,44H,9,18-19,21,23-24H2,(H,42,46). The van der Waals surface area contributed by atoms with E-state index in [1.165, 1.54) is 12.1 Å². The molecule has 4 aromatic carbocycles. The monoisotopic (exact) mass is 643 g/mol. The van der Waals surface area contributed by atoms with E-state index in [9.17, 15) is 32.7 Å². The van der Waals surface area contributed by atoms with E-state index in [0.717, 1.165) is 17.7 Å². The van der Waals surface area contributed by atoms with Gasteiger partial charge in [0.1, 0.15) is 0 Å². The van der Waals surface area contributed by atoms with Crippen molar-refractivity contribution in [2.75, 3.05) is 13.1 Å². The van der Waals surface area contributed by atoms with Crippen LogP contribution in [0, 0.1) is 0 Å². The number of amides is 2. The second-order valence-corrected chi connectivity index (χ2v) is 11.6. The number of alkyl halides is 3. The molecule has 47 heavy (non-hydrogen) atoms. The zero-order valence-corrected chi connectivity index (χ0v) is 25.6. The number of aliphatic hydroxyl groups is 1. The summed E-state index contributed by atoms with van der Waals surface area (Å²) >= 11 is 0. The Morgan fingerprint density at radius 3 is 2.17 bits per heavy atom. The molecule has 10 heteroatoms. The highest BCUT2D eigenvalue weighted by atomic mass is 19.4. The largest absolute Gasteiger partial charge is 0.416 e. The van der Waals surface area contributed by atoms with Gasteiger partial charge >= 0.3 is 6.18 Å². The van der Waals surface area contributed by atoms with Crippen LogP contribution in [-0.4, -0.2) is 58.9 Å². The van der Waals surface area contributed by atoms with E-state index in [1.807, 2.05) is 36.4 Å². The molecular weight excluding hydrogens is 607 g/mol. The molecule has 1 saturated heterocycles. The van der Waals surface area contributed by atoms with Gasteiger partial charge in [0.05, 0.1) is 23.8 Å². The normalized spacial score (nSPS) is 16.0.